The third-order valence-corrected chi connectivity index (χ3v) is 3.61. The maximum atomic E-state index is 12.4. The van der Waals surface area contributed by atoms with Gasteiger partial charge in [0.1, 0.15) is 0 Å². The SMILES string of the molecule is CC1CN(C(=O)c2ccc(C(F)(F)F)cc2)CCC1O. The van der Waals surface area contributed by atoms with Gasteiger partial charge in [0.25, 0.3) is 5.91 Å². The number of alkyl halides is 3. The Labute approximate surface area is 115 Å². The summed E-state index contributed by atoms with van der Waals surface area (Å²) >= 11 is 0. The first-order valence-electron chi connectivity index (χ1n) is 6.43. The fraction of sp³-hybridized carbons (Fsp3) is 0.500. The van der Waals surface area contributed by atoms with Gasteiger partial charge in [0, 0.05) is 18.7 Å². The standard InChI is InChI=1S/C14H16F3NO2/c1-9-8-18(7-6-12(9)19)13(20)10-2-4-11(5-3-10)14(15,16)17/h2-5,9,12,19H,6-8H2,1H3. The number of rotatable bonds is 1. The van der Waals surface area contributed by atoms with E-state index in [0.717, 1.165) is 12.1 Å². The first-order valence-corrected chi connectivity index (χ1v) is 6.43. The fourth-order valence-corrected chi connectivity index (χ4v) is 2.30. The third-order valence-electron chi connectivity index (χ3n) is 3.61. The molecule has 2 rings (SSSR count). The van der Waals surface area contributed by atoms with E-state index in [4.69, 9.17) is 0 Å². The monoisotopic (exact) mass is 287 g/mol. The number of hydrogen-bond acceptors (Lipinski definition) is 2. The smallest absolute Gasteiger partial charge is 0.393 e. The van der Waals surface area contributed by atoms with Crippen LogP contribution in [-0.4, -0.2) is 35.1 Å². The molecule has 1 aromatic rings. The number of benzene rings is 1. The zero-order valence-corrected chi connectivity index (χ0v) is 11.0. The summed E-state index contributed by atoms with van der Waals surface area (Å²) in [6.45, 7) is 2.68. The third kappa shape index (κ3) is 3.12. The van der Waals surface area contributed by atoms with Crippen LogP contribution in [0.1, 0.15) is 29.3 Å². The van der Waals surface area contributed by atoms with Crippen LogP contribution in [-0.2, 0) is 6.18 Å². The minimum Gasteiger partial charge on any atom is -0.393 e. The van der Waals surface area contributed by atoms with Crippen LogP contribution in [0.4, 0.5) is 13.2 Å². The molecule has 2 unspecified atom stereocenters. The largest absolute Gasteiger partial charge is 0.416 e. The zero-order valence-electron chi connectivity index (χ0n) is 11.0. The Bertz CT molecular complexity index is 484. The topological polar surface area (TPSA) is 40.5 Å². The highest BCUT2D eigenvalue weighted by Crippen LogP contribution is 2.29. The van der Waals surface area contributed by atoms with E-state index in [2.05, 4.69) is 0 Å². The van der Waals surface area contributed by atoms with Crippen LogP contribution in [0.5, 0.6) is 0 Å². The molecule has 1 saturated heterocycles. The Morgan fingerprint density at radius 1 is 1.30 bits per heavy atom. The van der Waals surface area contributed by atoms with Crippen molar-refractivity contribution < 1.29 is 23.1 Å². The summed E-state index contributed by atoms with van der Waals surface area (Å²) in [6, 6.07) is 4.21. The Morgan fingerprint density at radius 2 is 1.90 bits per heavy atom. The predicted octanol–water partition coefficient (Wildman–Crippen LogP) is 2.55. The van der Waals surface area contributed by atoms with Crippen molar-refractivity contribution in [3.8, 4) is 0 Å². The number of piperidine rings is 1. The van der Waals surface area contributed by atoms with Gasteiger partial charge >= 0.3 is 6.18 Å². The molecule has 1 amide bonds. The van der Waals surface area contributed by atoms with Crippen LogP contribution in [0.3, 0.4) is 0 Å². The highest BCUT2D eigenvalue weighted by molar-refractivity contribution is 5.94. The van der Waals surface area contributed by atoms with Crippen molar-refractivity contribution in [1.29, 1.82) is 0 Å². The quantitative estimate of drug-likeness (QED) is 0.862. The van der Waals surface area contributed by atoms with Gasteiger partial charge in [-0.25, -0.2) is 0 Å². The highest BCUT2D eigenvalue weighted by Gasteiger charge is 2.31. The lowest BCUT2D eigenvalue weighted by Gasteiger charge is -2.34. The Hall–Kier alpha value is -1.56. The molecule has 0 spiro atoms. The Kier molecular flexibility index (Phi) is 4.04. The van der Waals surface area contributed by atoms with Crippen molar-refractivity contribution in [3.05, 3.63) is 35.4 Å². The van der Waals surface area contributed by atoms with Gasteiger partial charge in [-0.3, -0.25) is 4.79 Å². The van der Waals surface area contributed by atoms with Crippen LogP contribution in [0.15, 0.2) is 24.3 Å². The normalized spacial score (nSPS) is 23.8. The van der Waals surface area contributed by atoms with E-state index in [-0.39, 0.29) is 17.4 Å². The molecule has 1 heterocycles. The van der Waals surface area contributed by atoms with Gasteiger partial charge in [0.2, 0.25) is 0 Å². The van der Waals surface area contributed by atoms with Gasteiger partial charge in [-0.15, -0.1) is 0 Å². The van der Waals surface area contributed by atoms with Gasteiger partial charge in [-0.05, 0) is 36.6 Å². The molecule has 1 aliphatic heterocycles. The van der Waals surface area contributed by atoms with Gasteiger partial charge < -0.3 is 10.0 Å². The summed E-state index contributed by atoms with van der Waals surface area (Å²) < 4.78 is 37.3. The second kappa shape index (κ2) is 5.44. The first kappa shape index (κ1) is 14.8. The van der Waals surface area contributed by atoms with Crippen LogP contribution >= 0.6 is 0 Å². The lowest BCUT2D eigenvalue weighted by atomic mass is 9.96. The number of carbonyl (C=O) groups is 1. The number of aliphatic hydroxyl groups is 1. The molecule has 1 aromatic carbocycles. The molecule has 0 bridgehead atoms. The molecule has 2 atom stereocenters. The molecule has 20 heavy (non-hydrogen) atoms. The van der Waals surface area contributed by atoms with Crippen LogP contribution in [0.2, 0.25) is 0 Å². The summed E-state index contributed by atoms with van der Waals surface area (Å²) in [7, 11) is 0. The van der Waals surface area contributed by atoms with Gasteiger partial charge in [0.15, 0.2) is 0 Å². The molecule has 110 valence electrons. The second-order valence-corrected chi connectivity index (χ2v) is 5.16. The van der Waals surface area contributed by atoms with Crippen molar-refractivity contribution >= 4 is 5.91 Å². The highest BCUT2D eigenvalue weighted by atomic mass is 19.4. The van der Waals surface area contributed by atoms with E-state index in [0.29, 0.717) is 19.5 Å². The fourth-order valence-electron chi connectivity index (χ4n) is 2.30. The van der Waals surface area contributed by atoms with E-state index in [1.54, 1.807) is 4.90 Å². The van der Waals surface area contributed by atoms with Crippen LogP contribution in [0, 0.1) is 5.92 Å². The number of halogens is 3. The maximum Gasteiger partial charge on any atom is 0.416 e. The van der Waals surface area contributed by atoms with Crippen molar-refractivity contribution in [2.75, 3.05) is 13.1 Å². The number of nitrogens with zero attached hydrogens (tertiary/aromatic N) is 1. The van der Waals surface area contributed by atoms with Crippen LogP contribution in [0.25, 0.3) is 0 Å². The number of hydrogen-bond donors (Lipinski definition) is 1. The summed E-state index contributed by atoms with van der Waals surface area (Å²) in [5.41, 5.74) is -0.530. The van der Waals surface area contributed by atoms with Crippen molar-refractivity contribution in [3.63, 3.8) is 0 Å². The van der Waals surface area contributed by atoms with Crippen molar-refractivity contribution in [2.24, 2.45) is 5.92 Å². The lowest BCUT2D eigenvalue weighted by molar-refractivity contribution is -0.137. The lowest BCUT2D eigenvalue weighted by Crippen LogP contribution is -2.44. The van der Waals surface area contributed by atoms with Gasteiger partial charge in [-0.1, -0.05) is 6.92 Å². The van der Waals surface area contributed by atoms with Crippen molar-refractivity contribution in [2.45, 2.75) is 25.6 Å². The molecule has 1 N–H and O–H groups in total. The first-order chi connectivity index (χ1) is 9.29. The molecule has 0 radical (unpaired) electrons. The molecule has 1 aliphatic rings. The van der Waals surface area contributed by atoms with Crippen molar-refractivity contribution in [1.82, 2.24) is 4.90 Å². The summed E-state index contributed by atoms with van der Waals surface area (Å²) in [5.74, 6) is -0.320. The molecule has 1 fully saturated rings. The molecule has 0 saturated carbocycles. The Balaban J connectivity index is 2.10. The van der Waals surface area contributed by atoms with Gasteiger partial charge in [0.05, 0.1) is 11.7 Å². The second-order valence-electron chi connectivity index (χ2n) is 5.16. The Morgan fingerprint density at radius 3 is 2.40 bits per heavy atom. The predicted molar refractivity (Wildman–Crippen MR) is 67.1 cm³/mol. The van der Waals surface area contributed by atoms with E-state index >= 15 is 0 Å². The average molecular weight is 287 g/mol. The average Bonchev–Trinajstić information content (AvgIpc) is 2.40. The van der Waals surface area contributed by atoms with Crippen LogP contribution < -0.4 is 0 Å². The summed E-state index contributed by atoms with van der Waals surface area (Å²) in [6.07, 6.45) is -4.33. The minimum absolute atomic E-state index is 0.0258. The van der Waals surface area contributed by atoms with E-state index in [1.807, 2.05) is 6.92 Å². The van der Waals surface area contributed by atoms with E-state index in [1.165, 1.54) is 12.1 Å². The molecule has 0 aliphatic carbocycles. The molecular formula is C14H16F3NO2. The number of carbonyl (C=O) groups excluding carboxylic acids is 1. The number of aliphatic hydroxyl groups excluding tert-OH is 1. The zero-order chi connectivity index (χ0) is 14.9. The van der Waals surface area contributed by atoms with E-state index in [9.17, 15) is 23.1 Å². The molecule has 0 aromatic heterocycles. The maximum absolute atomic E-state index is 12.4. The molecular weight excluding hydrogens is 271 g/mol. The van der Waals surface area contributed by atoms with Gasteiger partial charge in [-0.2, -0.15) is 13.2 Å². The molecule has 3 nitrogen and oxygen atoms in total. The minimum atomic E-state index is -4.40. The summed E-state index contributed by atoms with van der Waals surface area (Å²) in [5, 5.41) is 9.61. The number of amides is 1. The summed E-state index contributed by atoms with van der Waals surface area (Å²) in [4.78, 5) is 13.7. The molecule has 6 heteroatoms. The number of likely N-dealkylation sites (tertiary alicyclic amines) is 1. The van der Waals surface area contributed by atoms with E-state index < -0.39 is 17.8 Å².